The van der Waals surface area contributed by atoms with Gasteiger partial charge in [-0.15, -0.1) is 0 Å². The van der Waals surface area contributed by atoms with E-state index in [4.69, 9.17) is 10.5 Å². The maximum atomic E-state index is 12.4. The molecule has 0 bridgehead atoms. The van der Waals surface area contributed by atoms with Crippen LogP contribution >= 0.6 is 0 Å². The van der Waals surface area contributed by atoms with Crippen molar-refractivity contribution in [3.8, 4) is 17.6 Å². The van der Waals surface area contributed by atoms with Gasteiger partial charge in [-0.25, -0.2) is 4.98 Å². The van der Waals surface area contributed by atoms with Crippen LogP contribution < -0.4 is 21.3 Å². The second-order valence-electron chi connectivity index (χ2n) is 5.97. The average Bonchev–Trinajstić information content (AvgIpc) is 2.73. The number of rotatable bonds is 6. The minimum absolute atomic E-state index is 0.0359. The number of para-hydroxylation sites is 2. The first-order chi connectivity index (χ1) is 14.1. The Kier molecular flexibility index (Phi) is 6.22. The molecule has 3 aromatic rings. The smallest absolute Gasteiger partial charge is 0.261 e. The van der Waals surface area contributed by atoms with Gasteiger partial charge in [-0.1, -0.05) is 36.1 Å². The highest BCUT2D eigenvalue weighted by molar-refractivity contribution is 5.95. The van der Waals surface area contributed by atoms with Gasteiger partial charge in [0, 0.05) is 0 Å². The summed E-state index contributed by atoms with van der Waals surface area (Å²) in [6.45, 7) is -0.0233. The number of nitrogens with zero attached hydrogens (tertiary/aromatic N) is 2. The van der Waals surface area contributed by atoms with Crippen LogP contribution in [0, 0.1) is 11.8 Å². The number of carbonyl (C=O) groups is 2. The van der Waals surface area contributed by atoms with E-state index in [2.05, 4.69) is 22.1 Å². The van der Waals surface area contributed by atoms with Gasteiger partial charge >= 0.3 is 0 Å². The Balaban J connectivity index is 1.50. The van der Waals surface area contributed by atoms with Gasteiger partial charge in [-0.2, -0.15) is 0 Å². The summed E-state index contributed by atoms with van der Waals surface area (Å²) in [7, 11) is 0. The number of primary amides is 1. The minimum Gasteiger partial charge on any atom is -0.480 e. The Morgan fingerprint density at radius 1 is 1.10 bits per heavy atom. The molecule has 0 radical (unpaired) electrons. The van der Waals surface area contributed by atoms with Crippen LogP contribution in [0.15, 0.2) is 59.7 Å². The first-order valence-electron chi connectivity index (χ1n) is 8.74. The molecule has 0 saturated heterocycles. The van der Waals surface area contributed by atoms with Gasteiger partial charge in [-0.05, 0) is 24.3 Å². The van der Waals surface area contributed by atoms with Crippen LogP contribution in [0.2, 0.25) is 0 Å². The fourth-order valence-electron chi connectivity index (χ4n) is 2.60. The Labute approximate surface area is 166 Å². The molecule has 3 rings (SSSR count). The SMILES string of the molecule is NC(=O)c1ccccc1OCC#CCNC(=O)Cn1cnc2ccccc2c1=O. The van der Waals surface area contributed by atoms with Gasteiger partial charge in [0.15, 0.2) is 0 Å². The van der Waals surface area contributed by atoms with Crippen LogP contribution in [0.5, 0.6) is 5.75 Å². The number of amides is 2. The number of hydrogen-bond acceptors (Lipinski definition) is 5. The zero-order valence-electron chi connectivity index (χ0n) is 15.4. The summed E-state index contributed by atoms with van der Waals surface area (Å²) in [6.07, 6.45) is 1.35. The molecule has 2 aromatic carbocycles. The maximum Gasteiger partial charge on any atom is 0.261 e. The molecule has 0 aliphatic carbocycles. The van der Waals surface area contributed by atoms with E-state index in [1.807, 2.05) is 0 Å². The molecule has 1 heterocycles. The number of nitrogens with one attached hydrogen (secondary N) is 1. The van der Waals surface area contributed by atoms with Gasteiger partial charge in [0.25, 0.3) is 11.5 Å². The summed E-state index contributed by atoms with van der Waals surface area (Å²) in [5.41, 5.74) is 5.85. The molecule has 0 fully saturated rings. The molecular weight excluding hydrogens is 372 g/mol. The summed E-state index contributed by atoms with van der Waals surface area (Å²) in [5, 5.41) is 3.06. The molecule has 0 unspecified atom stereocenters. The highest BCUT2D eigenvalue weighted by Gasteiger charge is 2.08. The fourth-order valence-corrected chi connectivity index (χ4v) is 2.60. The number of benzene rings is 2. The Hall–Kier alpha value is -4.12. The minimum atomic E-state index is -0.584. The van der Waals surface area contributed by atoms with Gasteiger partial charge in [-0.3, -0.25) is 19.0 Å². The summed E-state index contributed by atoms with van der Waals surface area (Å²) < 4.78 is 6.66. The van der Waals surface area contributed by atoms with Crippen molar-refractivity contribution >= 4 is 22.7 Å². The highest BCUT2D eigenvalue weighted by atomic mass is 16.5. The standard InChI is InChI=1S/C21H18N4O4/c22-20(27)16-8-2-4-10-18(16)29-12-6-5-11-23-19(26)13-25-14-24-17-9-3-1-7-15(17)21(25)28/h1-4,7-10,14H,11-13H2,(H2,22,27)(H,23,26). The van der Waals surface area contributed by atoms with E-state index < -0.39 is 5.91 Å². The molecule has 3 N–H and O–H groups in total. The normalized spacial score (nSPS) is 10.1. The van der Waals surface area contributed by atoms with Crippen LogP contribution in [0.1, 0.15) is 10.4 Å². The number of hydrogen-bond donors (Lipinski definition) is 2. The van der Waals surface area contributed by atoms with E-state index in [1.54, 1.807) is 48.5 Å². The van der Waals surface area contributed by atoms with E-state index in [9.17, 15) is 14.4 Å². The molecule has 146 valence electrons. The molecule has 29 heavy (non-hydrogen) atoms. The van der Waals surface area contributed by atoms with Crippen LogP contribution in [0.25, 0.3) is 10.9 Å². The average molecular weight is 390 g/mol. The number of nitrogens with two attached hydrogens (primary N) is 1. The maximum absolute atomic E-state index is 12.4. The van der Waals surface area contributed by atoms with Crippen LogP contribution in [0.4, 0.5) is 0 Å². The van der Waals surface area contributed by atoms with E-state index in [0.717, 1.165) is 0 Å². The molecule has 0 aliphatic heterocycles. The third-order valence-corrected chi connectivity index (χ3v) is 4.00. The lowest BCUT2D eigenvalue weighted by Gasteiger charge is -2.06. The lowest BCUT2D eigenvalue weighted by Crippen LogP contribution is -2.32. The third kappa shape index (κ3) is 4.99. The van der Waals surface area contributed by atoms with Crippen molar-refractivity contribution in [3.63, 3.8) is 0 Å². The second-order valence-corrected chi connectivity index (χ2v) is 5.97. The molecule has 0 saturated carbocycles. The molecular formula is C21H18N4O4. The summed E-state index contributed by atoms with van der Waals surface area (Å²) >= 11 is 0. The lowest BCUT2D eigenvalue weighted by molar-refractivity contribution is -0.121. The third-order valence-electron chi connectivity index (χ3n) is 4.00. The Bertz CT molecular complexity index is 1170. The summed E-state index contributed by atoms with van der Waals surface area (Å²) in [6, 6.07) is 13.5. The van der Waals surface area contributed by atoms with E-state index in [0.29, 0.717) is 16.7 Å². The molecule has 0 spiro atoms. The molecule has 8 heteroatoms. The molecule has 8 nitrogen and oxygen atoms in total. The van der Waals surface area contributed by atoms with Gasteiger partial charge in [0.05, 0.1) is 29.3 Å². The van der Waals surface area contributed by atoms with E-state index in [1.165, 1.54) is 10.9 Å². The van der Waals surface area contributed by atoms with E-state index >= 15 is 0 Å². The molecule has 0 atom stereocenters. The number of ether oxygens (including phenoxy) is 1. The highest BCUT2D eigenvalue weighted by Crippen LogP contribution is 2.16. The van der Waals surface area contributed by atoms with Crippen molar-refractivity contribution < 1.29 is 14.3 Å². The van der Waals surface area contributed by atoms with Crippen LogP contribution in [-0.2, 0) is 11.3 Å². The topological polar surface area (TPSA) is 116 Å². The molecule has 0 aliphatic rings. The number of aromatic nitrogens is 2. The van der Waals surface area contributed by atoms with Crippen LogP contribution in [0.3, 0.4) is 0 Å². The Morgan fingerprint density at radius 3 is 2.69 bits per heavy atom. The summed E-state index contributed by atoms with van der Waals surface area (Å²) in [5.74, 6) is 4.88. The lowest BCUT2D eigenvalue weighted by atomic mass is 10.2. The quantitative estimate of drug-likeness (QED) is 0.601. The van der Waals surface area contributed by atoms with Crippen LogP contribution in [-0.4, -0.2) is 34.5 Å². The van der Waals surface area contributed by atoms with Crippen molar-refractivity contribution in [1.29, 1.82) is 0 Å². The monoisotopic (exact) mass is 390 g/mol. The fraction of sp³-hybridized carbons (Fsp3) is 0.143. The predicted molar refractivity (Wildman–Crippen MR) is 107 cm³/mol. The number of fused-ring (bicyclic) bond motifs is 1. The summed E-state index contributed by atoms with van der Waals surface area (Å²) in [4.78, 5) is 39.9. The van der Waals surface area contributed by atoms with E-state index in [-0.39, 0.29) is 36.7 Å². The first-order valence-corrected chi connectivity index (χ1v) is 8.74. The van der Waals surface area contributed by atoms with Crippen molar-refractivity contribution in [2.75, 3.05) is 13.2 Å². The van der Waals surface area contributed by atoms with Crippen molar-refractivity contribution in [1.82, 2.24) is 14.9 Å². The zero-order valence-corrected chi connectivity index (χ0v) is 15.4. The number of carbonyl (C=O) groups excluding carboxylic acids is 2. The van der Waals surface area contributed by atoms with Crippen molar-refractivity contribution in [3.05, 3.63) is 70.8 Å². The van der Waals surface area contributed by atoms with Gasteiger partial charge in [0.2, 0.25) is 5.91 Å². The zero-order chi connectivity index (χ0) is 20.6. The molecule has 1 aromatic heterocycles. The Morgan fingerprint density at radius 2 is 1.86 bits per heavy atom. The predicted octanol–water partition coefficient (Wildman–Crippen LogP) is 0.694. The first kappa shape index (κ1) is 19.6. The van der Waals surface area contributed by atoms with Crippen molar-refractivity contribution in [2.24, 2.45) is 5.73 Å². The molecule has 2 amide bonds. The van der Waals surface area contributed by atoms with Crippen molar-refractivity contribution in [2.45, 2.75) is 6.54 Å². The van der Waals surface area contributed by atoms with Gasteiger partial charge in [0.1, 0.15) is 18.9 Å². The largest absolute Gasteiger partial charge is 0.480 e. The second kappa shape index (κ2) is 9.19. The van der Waals surface area contributed by atoms with Gasteiger partial charge < -0.3 is 15.8 Å².